The van der Waals surface area contributed by atoms with Gasteiger partial charge in [-0.05, 0) is 74.4 Å². The van der Waals surface area contributed by atoms with E-state index in [9.17, 15) is 18.0 Å². The molecule has 8 nitrogen and oxygen atoms in total. The number of sulfonamides is 1. The summed E-state index contributed by atoms with van der Waals surface area (Å²) in [5, 5.41) is 3.85. The van der Waals surface area contributed by atoms with Crippen LogP contribution >= 0.6 is 34.8 Å². The monoisotopic (exact) mass is 653 g/mol. The molecule has 0 aliphatic carbocycles. The number of nitrogens with one attached hydrogen (secondary N) is 1. The van der Waals surface area contributed by atoms with Gasteiger partial charge >= 0.3 is 0 Å². The average molecular weight is 655 g/mol. The largest absolute Gasteiger partial charge is 0.492 e. The highest BCUT2D eigenvalue weighted by Gasteiger charge is 2.33. The third kappa shape index (κ3) is 8.53. The number of ether oxygens (including phenoxy) is 1. The van der Waals surface area contributed by atoms with Crippen LogP contribution in [0, 0.1) is 0 Å². The van der Waals surface area contributed by atoms with Gasteiger partial charge in [0.15, 0.2) is 0 Å². The van der Waals surface area contributed by atoms with Gasteiger partial charge in [0, 0.05) is 18.1 Å². The third-order valence-electron chi connectivity index (χ3n) is 6.45. The third-order valence-corrected chi connectivity index (χ3v) is 9.21. The molecule has 3 rings (SSSR count). The minimum Gasteiger partial charge on any atom is -0.492 e. The van der Waals surface area contributed by atoms with E-state index < -0.39 is 28.5 Å². The average Bonchev–Trinajstić information content (AvgIpc) is 2.96. The zero-order valence-corrected chi connectivity index (χ0v) is 26.7. The molecule has 0 aromatic heterocycles. The van der Waals surface area contributed by atoms with E-state index in [2.05, 4.69) is 5.32 Å². The number of anilines is 1. The van der Waals surface area contributed by atoms with E-state index in [1.807, 2.05) is 6.92 Å². The number of hydrogen-bond acceptors (Lipinski definition) is 5. The lowest BCUT2D eigenvalue weighted by molar-refractivity contribution is -0.139. The summed E-state index contributed by atoms with van der Waals surface area (Å²) >= 11 is 18.3. The quantitative estimate of drug-likeness (QED) is 0.198. The molecule has 0 radical (unpaired) electrons. The van der Waals surface area contributed by atoms with Crippen molar-refractivity contribution < 1.29 is 22.7 Å². The SMILES string of the molecule is CCCCNC(=O)C(C)N(Cc1ccc(Cl)c(Cl)c1)C(=O)CN(c1ccccc1OCC)S(=O)(=O)c1ccc(Cl)cc1. The molecule has 0 aliphatic heterocycles. The zero-order valence-electron chi connectivity index (χ0n) is 23.6. The highest BCUT2D eigenvalue weighted by Crippen LogP contribution is 2.33. The van der Waals surface area contributed by atoms with Gasteiger partial charge in [-0.25, -0.2) is 8.42 Å². The summed E-state index contributed by atoms with van der Waals surface area (Å²) < 4.78 is 34.8. The predicted molar refractivity (Wildman–Crippen MR) is 168 cm³/mol. The fourth-order valence-electron chi connectivity index (χ4n) is 4.14. The molecule has 3 aromatic carbocycles. The lowest BCUT2D eigenvalue weighted by Gasteiger charge is -2.32. The van der Waals surface area contributed by atoms with Crippen molar-refractivity contribution in [1.29, 1.82) is 0 Å². The van der Waals surface area contributed by atoms with Crippen LogP contribution in [0.5, 0.6) is 5.75 Å². The molecule has 1 atom stereocenters. The van der Waals surface area contributed by atoms with E-state index in [1.54, 1.807) is 56.3 Å². The first-order chi connectivity index (χ1) is 20.0. The van der Waals surface area contributed by atoms with Gasteiger partial charge in [0.25, 0.3) is 10.0 Å². The van der Waals surface area contributed by atoms with Crippen LogP contribution in [0.2, 0.25) is 15.1 Å². The highest BCUT2D eigenvalue weighted by atomic mass is 35.5. The van der Waals surface area contributed by atoms with E-state index in [0.29, 0.717) is 27.2 Å². The minimum absolute atomic E-state index is 0.0139. The van der Waals surface area contributed by atoms with Gasteiger partial charge in [0.2, 0.25) is 11.8 Å². The second-order valence-electron chi connectivity index (χ2n) is 9.46. The van der Waals surface area contributed by atoms with Crippen molar-refractivity contribution >= 4 is 62.3 Å². The van der Waals surface area contributed by atoms with Crippen LogP contribution in [0.1, 0.15) is 39.2 Å². The number of benzene rings is 3. The van der Waals surface area contributed by atoms with Crippen molar-refractivity contribution in [2.75, 3.05) is 24.0 Å². The molecule has 3 aromatic rings. The van der Waals surface area contributed by atoms with E-state index in [-0.39, 0.29) is 35.4 Å². The normalized spacial score (nSPS) is 12.0. The maximum absolute atomic E-state index is 14.1. The van der Waals surface area contributed by atoms with E-state index in [0.717, 1.165) is 17.1 Å². The highest BCUT2D eigenvalue weighted by molar-refractivity contribution is 7.92. The van der Waals surface area contributed by atoms with Crippen molar-refractivity contribution in [2.24, 2.45) is 0 Å². The van der Waals surface area contributed by atoms with Gasteiger partial charge < -0.3 is 15.0 Å². The Morgan fingerprint density at radius 3 is 2.29 bits per heavy atom. The topological polar surface area (TPSA) is 96.0 Å². The molecule has 0 heterocycles. The van der Waals surface area contributed by atoms with Gasteiger partial charge in [-0.2, -0.15) is 0 Å². The molecule has 226 valence electrons. The lowest BCUT2D eigenvalue weighted by atomic mass is 10.1. The second-order valence-corrected chi connectivity index (χ2v) is 12.6. The van der Waals surface area contributed by atoms with Crippen molar-refractivity contribution in [3.63, 3.8) is 0 Å². The number of amides is 2. The molecule has 2 amide bonds. The summed E-state index contributed by atoms with van der Waals surface area (Å²) in [5.41, 5.74) is 0.796. The molecule has 0 bridgehead atoms. The summed E-state index contributed by atoms with van der Waals surface area (Å²) in [5.74, 6) is -0.687. The molecule has 1 unspecified atom stereocenters. The van der Waals surface area contributed by atoms with Gasteiger partial charge in [-0.1, -0.05) is 66.3 Å². The van der Waals surface area contributed by atoms with Crippen molar-refractivity contribution in [1.82, 2.24) is 10.2 Å². The molecule has 12 heteroatoms. The van der Waals surface area contributed by atoms with Crippen LogP contribution in [0.3, 0.4) is 0 Å². The van der Waals surface area contributed by atoms with E-state index >= 15 is 0 Å². The number of rotatable bonds is 14. The van der Waals surface area contributed by atoms with Gasteiger partial charge in [0.05, 0.1) is 27.2 Å². The number of halogens is 3. The molecule has 0 spiro atoms. The molecule has 1 N–H and O–H groups in total. The number of para-hydroxylation sites is 2. The number of unbranched alkanes of at least 4 members (excludes halogenated alkanes) is 1. The Bertz CT molecular complexity index is 1490. The molecule has 42 heavy (non-hydrogen) atoms. The Morgan fingerprint density at radius 2 is 1.64 bits per heavy atom. The van der Waals surface area contributed by atoms with Crippen LogP contribution in [0.4, 0.5) is 5.69 Å². The standard InChI is InChI=1S/C30H34Cl3N3O5S/c1-4-6-17-34-30(38)21(3)35(19-22-11-16-25(32)26(33)18-22)29(37)20-36(27-9-7-8-10-28(27)41-5-2)42(39,40)24-14-12-23(31)13-15-24/h7-16,18,21H,4-6,17,19-20H2,1-3H3,(H,34,38). The number of carbonyl (C=O) groups excluding carboxylic acids is 2. The second kappa shape index (κ2) is 15.5. The Kier molecular flexibility index (Phi) is 12.4. The van der Waals surface area contributed by atoms with Crippen LogP contribution < -0.4 is 14.4 Å². The molecule has 0 fully saturated rings. The first-order valence-electron chi connectivity index (χ1n) is 13.5. The summed E-state index contributed by atoms with van der Waals surface area (Å²) in [7, 11) is -4.28. The maximum atomic E-state index is 14.1. The summed E-state index contributed by atoms with van der Waals surface area (Å²) in [4.78, 5) is 28.4. The Labute approximate surface area is 262 Å². The molecule has 0 saturated carbocycles. The van der Waals surface area contributed by atoms with Crippen LogP contribution in [0.25, 0.3) is 0 Å². The number of hydrogen-bond donors (Lipinski definition) is 1. The first-order valence-corrected chi connectivity index (χ1v) is 16.1. The van der Waals surface area contributed by atoms with E-state index in [1.165, 1.54) is 29.2 Å². The maximum Gasteiger partial charge on any atom is 0.264 e. The van der Waals surface area contributed by atoms with E-state index in [4.69, 9.17) is 39.5 Å². The molecular formula is C30H34Cl3N3O5S. The Balaban J connectivity index is 2.06. The summed E-state index contributed by atoms with van der Waals surface area (Å²) in [6, 6.07) is 16.2. The minimum atomic E-state index is -4.28. The van der Waals surface area contributed by atoms with Gasteiger partial charge in [0.1, 0.15) is 18.3 Å². The zero-order chi connectivity index (χ0) is 30.9. The first kappa shape index (κ1) is 33.5. The Hall–Kier alpha value is -2.98. The van der Waals surface area contributed by atoms with Crippen molar-refractivity contribution in [3.05, 3.63) is 87.4 Å². The predicted octanol–water partition coefficient (Wildman–Crippen LogP) is 6.57. The molecule has 0 aliphatic rings. The fraction of sp³-hybridized carbons (Fsp3) is 0.333. The summed E-state index contributed by atoms with van der Waals surface area (Å²) in [6.45, 7) is 5.49. The van der Waals surface area contributed by atoms with Crippen LogP contribution in [-0.4, -0.2) is 50.9 Å². The van der Waals surface area contributed by atoms with Gasteiger partial charge in [-0.15, -0.1) is 0 Å². The Morgan fingerprint density at radius 1 is 0.952 bits per heavy atom. The summed E-state index contributed by atoms with van der Waals surface area (Å²) in [6.07, 6.45) is 1.66. The number of nitrogens with zero attached hydrogens (tertiary/aromatic N) is 2. The smallest absolute Gasteiger partial charge is 0.264 e. The fourth-order valence-corrected chi connectivity index (χ4v) is 6.01. The van der Waals surface area contributed by atoms with Crippen molar-refractivity contribution in [3.8, 4) is 5.75 Å². The molecular weight excluding hydrogens is 621 g/mol. The lowest BCUT2D eigenvalue weighted by Crippen LogP contribution is -2.51. The van der Waals surface area contributed by atoms with Crippen molar-refractivity contribution in [2.45, 2.75) is 51.1 Å². The van der Waals surface area contributed by atoms with Crippen LogP contribution in [-0.2, 0) is 26.2 Å². The van der Waals surface area contributed by atoms with Gasteiger partial charge in [-0.3, -0.25) is 13.9 Å². The van der Waals surface area contributed by atoms with Crippen LogP contribution in [0.15, 0.2) is 71.6 Å². The number of carbonyl (C=O) groups is 2. The molecule has 0 saturated heterocycles.